The van der Waals surface area contributed by atoms with Crippen LogP contribution in [0.5, 0.6) is 0 Å². The summed E-state index contributed by atoms with van der Waals surface area (Å²) in [6.45, 7) is 2.85. The van der Waals surface area contributed by atoms with Crippen molar-refractivity contribution in [3.8, 4) is 0 Å². The van der Waals surface area contributed by atoms with Crippen molar-refractivity contribution in [3.63, 3.8) is 0 Å². The summed E-state index contributed by atoms with van der Waals surface area (Å²) in [7, 11) is -2.08. The summed E-state index contributed by atoms with van der Waals surface area (Å²) >= 11 is 0. The smallest absolute Gasteiger partial charge is 0.240 e. The van der Waals surface area contributed by atoms with E-state index in [1.165, 1.54) is 19.2 Å². The van der Waals surface area contributed by atoms with E-state index in [-0.39, 0.29) is 17.3 Å². The molecule has 0 aliphatic carbocycles. The fourth-order valence-electron chi connectivity index (χ4n) is 1.28. The first-order valence-corrected chi connectivity index (χ1v) is 7.02. The molecule has 18 heavy (non-hydrogen) atoms. The van der Waals surface area contributed by atoms with Gasteiger partial charge in [-0.15, -0.1) is 0 Å². The first-order valence-electron chi connectivity index (χ1n) is 5.53. The van der Waals surface area contributed by atoms with E-state index < -0.39 is 10.0 Å². The van der Waals surface area contributed by atoms with Crippen LogP contribution in [-0.2, 0) is 14.8 Å². The minimum Gasteiger partial charge on any atom is -0.325 e. The zero-order chi connectivity index (χ0) is 13.6. The Morgan fingerprint density at radius 3 is 2.33 bits per heavy atom. The molecule has 0 bridgehead atoms. The molecular formula is C11H17N3O3S. The lowest BCUT2D eigenvalue weighted by molar-refractivity contribution is -0.115. The normalized spacial score (nSPS) is 11.2. The Morgan fingerprint density at radius 1 is 1.22 bits per heavy atom. The van der Waals surface area contributed by atoms with Crippen LogP contribution < -0.4 is 15.4 Å². The highest BCUT2D eigenvalue weighted by Gasteiger charge is 2.10. The van der Waals surface area contributed by atoms with Gasteiger partial charge in [-0.2, -0.15) is 0 Å². The summed E-state index contributed by atoms with van der Waals surface area (Å²) in [5, 5.41) is 5.55. The Kier molecular flexibility index (Phi) is 5.26. The monoisotopic (exact) mass is 271 g/mol. The summed E-state index contributed by atoms with van der Waals surface area (Å²) in [5.41, 5.74) is 0.563. The number of carbonyl (C=O) groups excluding carboxylic acids is 1. The lowest BCUT2D eigenvalue weighted by Crippen LogP contribution is -2.27. The molecule has 0 saturated heterocycles. The second-order valence-corrected chi connectivity index (χ2v) is 5.45. The molecule has 100 valence electrons. The van der Waals surface area contributed by atoms with Crippen LogP contribution in [-0.4, -0.2) is 34.5 Å². The average Bonchev–Trinajstić information content (AvgIpc) is 2.37. The number of amides is 1. The van der Waals surface area contributed by atoms with Gasteiger partial charge in [-0.05, 0) is 37.9 Å². The third kappa shape index (κ3) is 4.10. The molecule has 0 fully saturated rings. The van der Waals surface area contributed by atoms with Crippen LogP contribution in [0.15, 0.2) is 29.2 Å². The van der Waals surface area contributed by atoms with Crippen LogP contribution in [0.4, 0.5) is 5.69 Å². The SMILES string of the molecule is CCNCC(=O)Nc1ccc(S(=O)(=O)NC)cc1. The lowest BCUT2D eigenvalue weighted by atomic mass is 10.3. The van der Waals surface area contributed by atoms with E-state index in [0.29, 0.717) is 12.2 Å². The molecule has 3 N–H and O–H groups in total. The van der Waals surface area contributed by atoms with Crippen LogP contribution in [0.25, 0.3) is 0 Å². The minimum absolute atomic E-state index is 0.162. The van der Waals surface area contributed by atoms with Crippen LogP contribution in [0.3, 0.4) is 0 Å². The minimum atomic E-state index is -3.43. The molecule has 0 aromatic heterocycles. The fourth-order valence-corrected chi connectivity index (χ4v) is 2.01. The first kappa shape index (κ1) is 14.6. The van der Waals surface area contributed by atoms with Gasteiger partial charge in [0, 0.05) is 5.69 Å². The van der Waals surface area contributed by atoms with Crippen molar-refractivity contribution in [3.05, 3.63) is 24.3 Å². The van der Waals surface area contributed by atoms with Crippen molar-refractivity contribution < 1.29 is 13.2 Å². The van der Waals surface area contributed by atoms with Crippen LogP contribution >= 0.6 is 0 Å². The van der Waals surface area contributed by atoms with Gasteiger partial charge in [0.15, 0.2) is 0 Å². The van der Waals surface area contributed by atoms with E-state index in [1.807, 2.05) is 6.92 Å². The van der Waals surface area contributed by atoms with Gasteiger partial charge in [0.2, 0.25) is 15.9 Å². The molecule has 0 heterocycles. The second kappa shape index (κ2) is 6.48. The van der Waals surface area contributed by atoms with Crippen LogP contribution in [0.1, 0.15) is 6.92 Å². The highest BCUT2D eigenvalue weighted by molar-refractivity contribution is 7.89. The number of hydrogen-bond acceptors (Lipinski definition) is 4. The van der Waals surface area contributed by atoms with Crippen molar-refractivity contribution in [2.75, 3.05) is 25.5 Å². The zero-order valence-electron chi connectivity index (χ0n) is 10.4. The Bertz CT molecular complexity index is 497. The molecule has 1 aromatic rings. The Morgan fingerprint density at radius 2 is 1.83 bits per heavy atom. The van der Waals surface area contributed by atoms with Gasteiger partial charge in [-0.1, -0.05) is 6.92 Å². The molecule has 0 saturated carbocycles. The number of nitrogens with one attached hydrogen (secondary N) is 3. The molecule has 1 amide bonds. The highest BCUT2D eigenvalue weighted by Crippen LogP contribution is 2.13. The Labute approximate surface area is 107 Å². The van der Waals surface area contributed by atoms with E-state index in [4.69, 9.17) is 0 Å². The zero-order valence-corrected chi connectivity index (χ0v) is 11.2. The van der Waals surface area contributed by atoms with Gasteiger partial charge < -0.3 is 10.6 Å². The highest BCUT2D eigenvalue weighted by atomic mass is 32.2. The van der Waals surface area contributed by atoms with Gasteiger partial charge in [0.05, 0.1) is 11.4 Å². The maximum Gasteiger partial charge on any atom is 0.240 e. The number of rotatable bonds is 6. The summed E-state index contributed by atoms with van der Waals surface area (Å²) in [6.07, 6.45) is 0. The van der Waals surface area contributed by atoms with Gasteiger partial charge in [0.1, 0.15) is 0 Å². The van der Waals surface area contributed by atoms with Crippen molar-refractivity contribution >= 4 is 21.6 Å². The predicted molar refractivity (Wildman–Crippen MR) is 69.9 cm³/mol. The largest absolute Gasteiger partial charge is 0.325 e. The van der Waals surface area contributed by atoms with E-state index in [2.05, 4.69) is 15.4 Å². The summed E-state index contributed by atoms with van der Waals surface area (Å²) in [4.78, 5) is 11.6. The molecule has 7 heteroatoms. The summed E-state index contributed by atoms with van der Waals surface area (Å²) in [6, 6.07) is 5.98. The fraction of sp³-hybridized carbons (Fsp3) is 0.364. The van der Waals surface area contributed by atoms with Crippen LogP contribution in [0, 0.1) is 0 Å². The molecular weight excluding hydrogens is 254 g/mol. The van der Waals surface area contributed by atoms with E-state index in [0.717, 1.165) is 0 Å². The predicted octanol–water partition coefficient (Wildman–Crippen LogP) is 0.143. The first-order chi connectivity index (χ1) is 8.49. The number of likely N-dealkylation sites (N-methyl/N-ethyl adjacent to an activating group) is 1. The molecule has 0 radical (unpaired) electrons. The van der Waals surface area contributed by atoms with Crippen LogP contribution in [0.2, 0.25) is 0 Å². The quantitative estimate of drug-likeness (QED) is 0.687. The van der Waals surface area contributed by atoms with E-state index in [9.17, 15) is 13.2 Å². The van der Waals surface area contributed by atoms with Crippen molar-refractivity contribution in [2.24, 2.45) is 0 Å². The standard InChI is InChI=1S/C11H17N3O3S/c1-3-13-8-11(15)14-9-4-6-10(7-5-9)18(16,17)12-2/h4-7,12-13H,3,8H2,1-2H3,(H,14,15). The number of hydrogen-bond donors (Lipinski definition) is 3. The molecule has 0 spiro atoms. The van der Waals surface area contributed by atoms with E-state index >= 15 is 0 Å². The van der Waals surface area contributed by atoms with Gasteiger partial charge in [-0.25, -0.2) is 13.1 Å². The maximum atomic E-state index is 11.5. The molecule has 0 aliphatic heterocycles. The molecule has 1 rings (SSSR count). The number of carbonyl (C=O) groups is 1. The Balaban J connectivity index is 2.69. The third-order valence-corrected chi connectivity index (χ3v) is 3.68. The van der Waals surface area contributed by atoms with E-state index in [1.54, 1.807) is 12.1 Å². The molecule has 0 aliphatic rings. The number of sulfonamides is 1. The summed E-state index contributed by atoms with van der Waals surface area (Å²) in [5.74, 6) is -0.166. The van der Waals surface area contributed by atoms with Crippen molar-refractivity contribution in [2.45, 2.75) is 11.8 Å². The molecule has 1 aromatic carbocycles. The maximum absolute atomic E-state index is 11.5. The second-order valence-electron chi connectivity index (χ2n) is 3.56. The topological polar surface area (TPSA) is 87.3 Å². The third-order valence-electron chi connectivity index (χ3n) is 2.25. The average molecular weight is 271 g/mol. The Hall–Kier alpha value is -1.44. The molecule has 0 atom stereocenters. The molecule has 0 unspecified atom stereocenters. The summed E-state index contributed by atoms with van der Waals surface area (Å²) < 4.78 is 25.2. The lowest BCUT2D eigenvalue weighted by Gasteiger charge is -2.07. The van der Waals surface area contributed by atoms with Gasteiger partial charge in [0.25, 0.3) is 0 Å². The van der Waals surface area contributed by atoms with Gasteiger partial charge >= 0.3 is 0 Å². The van der Waals surface area contributed by atoms with Gasteiger partial charge in [-0.3, -0.25) is 4.79 Å². The molecule has 6 nitrogen and oxygen atoms in total. The number of anilines is 1. The number of benzene rings is 1. The van der Waals surface area contributed by atoms with Crippen molar-refractivity contribution in [1.29, 1.82) is 0 Å². The van der Waals surface area contributed by atoms with Crippen molar-refractivity contribution in [1.82, 2.24) is 10.0 Å².